The summed E-state index contributed by atoms with van der Waals surface area (Å²) in [6, 6.07) is 10.8. The van der Waals surface area contributed by atoms with E-state index in [-0.39, 0.29) is 0 Å². The molecule has 0 aliphatic rings. The molecule has 86 valence electrons. The number of allylic oxidation sites excluding steroid dienone is 1. The van der Waals surface area contributed by atoms with Crippen molar-refractivity contribution in [3.05, 3.63) is 60.3 Å². The lowest BCUT2D eigenvalue weighted by Gasteiger charge is -2.17. The highest BCUT2D eigenvalue weighted by Gasteiger charge is 2.02. The first kappa shape index (κ1) is 12.6. The van der Waals surface area contributed by atoms with E-state index in [0.29, 0.717) is 6.04 Å². The van der Waals surface area contributed by atoms with Gasteiger partial charge in [-0.05, 0) is 32.3 Å². The van der Waals surface area contributed by atoms with Gasteiger partial charge >= 0.3 is 0 Å². The highest BCUT2D eigenvalue weighted by molar-refractivity contribution is 5.16. The average Bonchev–Trinajstić information content (AvgIpc) is 2.27. The van der Waals surface area contributed by atoms with Crippen molar-refractivity contribution in [3.8, 4) is 0 Å². The summed E-state index contributed by atoms with van der Waals surface area (Å²) in [7, 11) is 0. The third-order valence-corrected chi connectivity index (χ3v) is 2.72. The Labute approximate surface area is 98.9 Å². The van der Waals surface area contributed by atoms with Crippen LogP contribution in [0.1, 0.15) is 25.8 Å². The highest BCUT2D eigenvalue weighted by Crippen LogP contribution is 2.07. The van der Waals surface area contributed by atoms with Crippen molar-refractivity contribution in [2.24, 2.45) is 0 Å². The van der Waals surface area contributed by atoms with Crippen LogP contribution in [0, 0.1) is 0 Å². The summed E-state index contributed by atoms with van der Waals surface area (Å²) in [5.74, 6) is 0. The molecule has 1 atom stereocenters. The van der Waals surface area contributed by atoms with Gasteiger partial charge in [-0.15, -0.1) is 0 Å². The molecule has 0 amide bonds. The number of rotatable bonds is 6. The fourth-order valence-corrected chi connectivity index (χ4v) is 1.44. The van der Waals surface area contributed by atoms with E-state index >= 15 is 0 Å². The topological polar surface area (TPSA) is 12.0 Å². The number of hydrogen-bond acceptors (Lipinski definition) is 1. The van der Waals surface area contributed by atoms with Crippen LogP contribution in [0.15, 0.2) is 54.8 Å². The summed E-state index contributed by atoms with van der Waals surface area (Å²) >= 11 is 0. The Bertz CT molecular complexity index is 351. The fourth-order valence-electron chi connectivity index (χ4n) is 1.44. The summed E-state index contributed by atoms with van der Waals surface area (Å²) < 4.78 is 0. The van der Waals surface area contributed by atoms with Gasteiger partial charge in [0.05, 0.1) is 0 Å². The average molecular weight is 215 g/mol. The maximum absolute atomic E-state index is 4.04. The van der Waals surface area contributed by atoms with Crippen LogP contribution in [0.3, 0.4) is 0 Å². The minimum absolute atomic E-state index is 0.309. The van der Waals surface area contributed by atoms with E-state index in [2.05, 4.69) is 49.7 Å². The van der Waals surface area contributed by atoms with Crippen LogP contribution in [-0.2, 0) is 6.42 Å². The van der Waals surface area contributed by atoms with Crippen molar-refractivity contribution in [2.45, 2.75) is 32.7 Å². The Morgan fingerprint density at radius 3 is 2.44 bits per heavy atom. The second-order valence-corrected chi connectivity index (χ2v) is 4.30. The van der Waals surface area contributed by atoms with Gasteiger partial charge in [0.1, 0.15) is 0 Å². The lowest BCUT2D eigenvalue weighted by molar-refractivity contribution is 0.664. The zero-order valence-corrected chi connectivity index (χ0v) is 10.3. The lowest BCUT2D eigenvalue weighted by Crippen LogP contribution is -2.25. The molecule has 0 radical (unpaired) electrons. The molecular formula is C15H21N. The molecule has 0 fully saturated rings. The van der Waals surface area contributed by atoms with Gasteiger partial charge in [0, 0.05) is 11.7 Å². The number of hydrogen-bond donors (Lipinski definition) is 1. The largest absolute Gasteiger partial charge is 0.383 e. The molecule has 16 heavy (non-hydrogen) atoms. The third kappa shape index (κ3) is 4.35. The number of benzene rings is 1. The molecule has 1 heteroatoms. The summed E-state index contributed by atoms with van der Waals surface area (Å²) in [5, 5.41) is 3.36. The zero-order valence-electron chi connectivity index (χ0n) is 10.3. The second kappa shape index (κ2) is 6.16. The number of aryl methyl sites for hydroxylation is 1. The normalized spacial score (nSPS) is 11.9. The molecule has 1 rings (SSSR count). The van der Waals surface area contributed by atoms with Gasteiger partial charge in [-0.3, -0.25) is 0 Å². The molecule has 1 aromatic rings. The van der Waals surface area contributed by atoms with Crippen LogP contribution in [0.4, 0.5) is 0 Å². The Morgan fingerprint density at radius 2 is 1.88 bits per heavy atom. The van der Waals surface area contributed by atoms with E-state index in [9.17, 15) is 0 Å². The van der Waals surface area contributed by atoms with Crippen LogP contribution >= 0.6 is 0 Å². The van der Waals surface area contributed by atoms with E-state index in [1.54, 1.807) is 0 Å². The first-order valence-electron chi connectivity index (χ1n) is 5.73. The van der Waals surface area contributed by atoms with Gasteiger partial charge in [-0.25, -0.2) is 0 Å². The standard InChI is InChI=1S/C15H21N/c1-12(2)14(4)16-13(3)10-11-15-8-6-5-7-9-15/h5-9,14,16H,1,3,10-11H2,2,4H3/t14-/m0/s1. The maximum atomic E-state index is 4.04. The molecule has 0 bridgehead atoms. The molecule has 0 saturated heterocycles. The molecule has 0 aromatic heterocycles. The maximum Gasteiger partial charge on any atom is 0.0436 e. The van der Waals surface area contributed by atoms with Crippen molar-refractivity contribution in [1.82, 2.24) is 5.32 Å². The predicted octanol–water partition coefficient (Wildman–Crippen LogP) is 3.69. The van der Waals surface area contributed by atoms with Crippen LogP contribution in [-0.4, -0.2) is 6.04 Å². The molecule has 0 spiro atoms. The first-order valence-corrected chi connectivity index (χ1v) is 5.73. The third-order valence-electron chi connectivity index (χ3n) is 2.72. The van der Waals surface area contributed by atoms with E-state index < -0.39 is 0 Å². The van der Waals surface area contributed by atoms with Gasteiger partial charge in [-0.1, -0.05) is 49.1 Å². The Balaban J connectivity index is 2.33. The number of nitrogens with one attached hydrogen (secondary N) is 1. The summed E-state index contributed by atoms with van der Waals surface area (Å²) in [4.78, 5) is 0. The van der Waals surface area contributed by atoms with Crippen LogP contribution in [0.25, 0.3) is 0 Å². The fraction of sp³-hybridized carbons (Fsp3) is 0.333. The van der Waals surface area contributed by atoms with Crippen molar-refractivity contribution in [3.63, 3.8) is 0 Å². The van der Waals surface area contributed by atoms with Gasteiger partial charge in [0.2, 0.25) is 0 Å². The van der Waals surface area contributed by atoms with E-state index in [1.165, 1.54) is 5.56 Å². The molecule has 1 nitrogen and oxygen atoms in total. The lowest BCUT2D eigenvalue weighted by atomic mass is 10.1. The van der Waals surface area contributed by atoms with Gasteiger partial charge in [0.15, 0.2) is 0 Å². The molecule has 0 aliphatic carbocycles. The zero-order chi connectivity index (χ0) is 12.0. The van der Waals surface area contributed by atoms with Crippen LogP contribution in [0.2, 0.25) is 0 Å². The second-order valence-electron chi connectivity index (χ2n) is 4.30. The quantitative estimate of drug-likeness (QED) is 0.714. The van der Waals surface area contributed by atoms with Gasteiger partial charge < -0.3 is 5.32 Å². The minimum atomic E-state index is 0.309. The molecule has 0 aliphatic heterocycles. The van der Waals surface area contributed by atoms with Crippen molar-refractivity contribution >= 4 is 0 Å². The van der Waals surface area contributed by atoms with E-state index in [4.69, 9.17) is 0 Å². The molecule has 0 heterocycles. The van der Waals surface area contributed by atoms with Gasteiger partial charge in [-0.2, -0.15) is 0 Å². The Hall–Kier alpha value is -1.50. The minimum Gasteiger partial charge on any atom is -0.383 e. The molecular weight excluding hydrogens is 194 g/mol. The van der Waals surface area contributed by atoms with Crippen molar-refractivity contribution < 1.29 is 0 Å². The monoisotopic (exact) mass is 215 g/mol. The molecule has 1 aromatic carbocycles. The smallest absolute Gasteiger partial charge is 0.0436 e. The van der Waals surface area contributed by atoms with Crippen molar-refractivity contribution in [2.75, 3.05) is 0 Å². The SMILES string of the molecule is C=C(CCc1ccccc1)N[C@@H](C)C(=C)C. The Morgan fingerprint density at radius 1 is 1.25 bits per heavy atom. The van der Waals surface area contributed by atoms with Crippen LogP contribution in [0.5, 0.6) is 0 Å². The van der Waals surface area contributed by atoms with Crippen molar-refractivity contribution in [1.29, 1.82) is 0 Å². The van der Waals surface area contributed by atoms with Gasteiger partial charge in [0.25, 0.3) is 0 Å². The van der Waals surface area contributed by atoms with E-state index in [1.807, 2.05) is 13.0 Å². The summed E-state index contributed by atoms with van der Waals surface area (Å²) in [6.07, 6.45) is 2.01. The Kier molecular flexibility index (Phi) is 4.84. The first-order chi connectivity index (χ1) is 7.59. The van der Waals surface area contributed by atoms with Crippen LogP contribution < -0.4 is 5.32 Å². The van der Waals surface area contributed by atoms with E-state index in [0.717, 1.165) is 24.1 Å². The molecule has 0 saturated carbocycles. The summed E-state index contributed by atoms with van der Waals surface area (Å²) in [5.41, 5.74) is 3.58. The molecule has 0 unspecified atom stereocenters. The molecule has 1 N–H and O–H groups in total. The predicted molar refractivity (Wildman–Crippen MR) is 71.3 cm³/mol. The summed E-state index contributed by atoms with van der Waals surface area (Å²) in [6.45, 7) is 12.1. The highest BCUT2D eigenvalue weighted by atomic mass is 14.9.